The lowest BCUT2D eigenvalue weighted by Gasteiger charge is -2.33. The van der Waals surface area contributed by atoms with Crippen molar-refractivity contribution in [3.63, 3.8) is 0 Å². The Morgan fingerprint density at radius 3 is 2.60 bits per heavy atom. The normalized spacial score (nSPS) is 23.2. The highest BCUT2D eigenvalue weighted by molar-refractivity contribution is 7.09. The van der Waals surface area contributed by atoms with Gasteiger partial charge in [-0.05, 0) is 37.4 Å². The van der Waals surface area contributed by atoms with E-state index in [1.165, 1.54) is 5.57 Å². The predicted molar refractivity (Wildman–Crippen MR) is 124 cm³/mol. The number of thiazole rings is 1. The summed E-state index contributed by atoms with van der Waals surface area (Å²) in [4.78, 5) is 19.0. The summed E-state index contributed by atoms with van der Waals surface area (Å²) in [6.07, 6.45) is 6.26. The fourth-order valence-electron chi connectivity index (χ4n) is 3.99. The molecule has 2 atom stereocenters. The number of nitrogens with one attached hydrogen (secondary N) is 1. The van der Waals surface area contributed by atoms with Gasteiger partial charge in [0.15, 0.2) is 0 Å². The third-order valence-electron chi connectivity index (χ3n) is 6.33. The van der Waals surface area contributed by atoms with Crippen molar-refractivity contribution < 1.29 is 0 Å². The van der Waals surface area contributed by atoms with E-state index in [1.54, 1.807) is 17.5 Å². The van der Waals surface area contributed by atoms with Gasteiger partial charge in [0.1, 0.15) is 10.7 Å². The Hall–Kier alpha value is -2.09. The van der Waals surface area contributed by atoms with Crippen molar-refractivity contribution in [2.75, 3.05) is 38.0 Å². The molecule has 2 aromatic rings. The van der Waals surface area contributed by atoms with Crippen molar-refractivity contribution in [3.05, 3.63) is 46.1 Å². The number of aromatic nitrogens is 3. The lowest BCUT2D eigenvalue weighted by atomic mass is 9.84. The molecule has 1 aliphatic carbocycles. The molecular weight excluding hydrogens is 392 g/mol. The highest BCUT2D eigenvalue weighted by atomic mass is 32.1. The van der Waals surface area contributed by atoms with Crippen LogP contribution in [-0.2, 0) is 6.54 Å². The molecule has 1 aliphatic heterocycles. The molecule has 0 bridgehead atoms. The monoisotopic (exact) mass is 424 g/mol. The predicted octanol–water partition coefficient (Wildman–Crippen LogP) is 4.27. The maximum absolute atomic E-state index is 4.85. The Morgan fingerprint density at radius 2 is 1.87 bits per heavy atom. The minimum Gasteiger partial charge on any atom is -0.324 e. The van der Waals surface area contributed by atoms with E-state index >= 15 is 0 Å². The first-order valence-electron chi connectivity index (χ1n) is 10.9. The fourth-order valence-corrected chi connectivity index (χ4v) is 4.82. The zero-order valence-electron chi connectivity index (χ0n) is 18.4. The van der Waals surface area contributed by atoms with Crippen LogP contribution in [0.2, 0.25) is 0 Å². The van der Waals surface area contributed by atoms with E-state index in [0.717, 1.165) is 61.4 Å². The largest absolute Gasteiger partial charge is 0.324 e. The first-order valence-corrected chi connectivity index (χ1v) is 11.8. The van der Waals surface area contributed by atoms with E-state index < -0.39 is 0 Å². The van der Waals surface area contributed by atoms with Crippen LogP contribution < -0.4 is 5.32 Å². The van der Waals surface area contributed by atoms with Crippen LogP contribution in [0.4, 0.5) is 5.95 Å². The van der Waals surface area contributed by atoms with Crippen LogP contribution >= 0.6 is 11.3 Å². The molecule has 2 aromatic heterocycles. The van der Waals surface area contributed by atoms with Gasteiger partial charge in [-0.1, -0.05) is 32.4 Å². The SMILES string of the molecule is CCN1CCN(Cc2nc(-c3ccnc(NC4=CC(C)C(C)C(C)=C4)n3)cs2)CC1. The van der Waals surface area contributed by atoms with E-state index in [-0.39, 0.29) is 0 Å². The van der Waals surface area contributed by atoms with Gasteiger partial charge < -0.3 is 10.2 Å². The molecule has 0 radical (unpaired) electrons. The van der Waals surface area contributed by atoms with Crippen molar-refractivity contribution >= 4 is 17.3 Å². The van der Waals surface area contributed by atoms with Crippen LogP contribution in [0.3, 0.4) is 0 Å². The number of hydrogen-bond acceptors (Lipinski definition) is 7. The molecule has 0 saturated carbocycles. The van der Waals surface area contributed by atoms with Gasteiger partial charge in [0.2, 0.25) is 5.95 Å². The molecule has 0 spiro atoms. The molecule has 30 heavy (non-hydrogen) atoms. The minimum atomic E-state index is 0.501. The summed E-state index contributed by atoms with van der Waals surface area (Å²) >= 11 is 1.72. The van der Waals surface area contributed by atoms with Gasteiger partial charge in [-0.15, -0.1) is 11.3 Å². The van der Waals surface area contributed by atoms with Crippen LogP contribution in [0, 0.1) is 11.8 Å². The lowest BCUT2D eigenvalue weighted by Crippen LogP contribution is -2.45. The Labute approximate surface area is 183 Å². The number of allylic oxidation sites excluding steroid dienone is 3. The Kier molecular flexibility index (Phi) is 6.61. The molecule has 1 N–H and O–H groups in total. The van der Waals surface area contributed by atoms with Gasteiger partial charge in [0, 0.05) is 43.5 Å². The van der Waals surface area contributed by atoms with Crippen molar-refractivity contribution in [1.29, 1.82) is 0 Å². The summed E-state index contributed by atoms with van der Waals surface area (Å²) in [5, 5.41) is 6.64. The van der Waals surface area contributed by atoms with E-state index in [0.29, 0.717) is 17.8 Å². The maximum atomic E-state index is 4.85. The standard InChI is InChI=1S/C23H32N6S/c1-5-28-8-10-29(11-9-28)14-22-26-21(15-30-22)20-6-7-24-23(27-20)25-19-12-16(2)18(4)17(3)13-19/h6-7,12-13,15-16,18H,5,8-11,14H2,1-4H3,(H,24,25,27). The molecule has 0 aromatic carbocycles. The molecule has 7 heteroatoms. The van der Waals surface area contributed by atoms with Crippen molar-refractivity contribution in [2.24, 2.45) is 11.8 Å². The fraction of sp³-hybridized carbons (Fsp3) is 0.522. The molecule has 4 rings (SSSR count). The van der Waals surface area contributed by atoms with Gasteiger partial charge in [-0.2, -0.15) is 0 Å². The average Bonchev–Trinajstić information content (AvgIpc) is 3.21. The second-order valence-corrected chi connectivity index (χ2v) is 9.33. The first-order chi connectivity index (χ1) is 14.5. The summed E-state index contributed by atoms with van der Waals surface area (Å²) < 4.78 is 0. The smallest absolute Gasteiger partial charge is 0.227 e. The highest BCUT2D eigenvalue weighted by Gasteiger charge is 2.19. The Bertz CT molecular complexity index is 925. The van der Waals surface area contributed by atoms with Gasteiger partial charge in [0.25, 0.3) is 0 Å². The zero-order valence-corrected chi connectivity index (χ0v) is 19.2. The lowest BCUT2D eigenvalue weighted by molar-refractivity contribution is 0.132. The minimum absolute atomic E-state index is 0.501. The van der Waals surface area contributed by atoms with Crippen molar-refractivity contribution in [3.8, 4) is 11.4 Å². The second-order valence-electron chi connectivity index (χ2n) is 8.39. The zero-order chi connectivity index (χ0) is 21.1. The molecule has 3 heterocycles. The van der Waals surface area contributed by atoms with Gasteiger partial charge in [-0.3, -0.25) is 4.90 Å². The van der Waals surface area contributed by atoms with Crippen LogP contribution in [0.5, 0.6) is 0 Å². The van der Waals surface area contributed by atoms with Crippen molar-refractivity contribution in [1.82, 2.24) is 24.8 Å². The van der Waals surface area contributed by atoms with Crippen LogP contribution in [-0.4, -0.2) is 57.5 Å². The number of nitrogens with zero attached hydrogens (tertiary/aromatic N) is 5. The van der Waals surface area contributed by atoms with Crippen LogP contribution in [0.15, 0.2) is 41.1 Å². The average molecular weight is 425 g/mol. The highest BCUT2D eigenvalue weighted by Crippen LogP contribution is 2.29. The molecule has 1 saturated heterocycles. The molecular formula is C23H32N6S. The van der Waals surface area contributed by atoms with Gasteiger partial charge in [0.05, 0.1) is 12.2 Å². The summed E-state index contributed by atoms with van der Waals surface area (Å²) in [5.74, 6) is 1.69. The van der Waals surface area contributed by atoms with Crippen LogP contribution in [0.25, 0.3) is 11.4 Å². The third kappa shape index (κ3) is 4.96. The Morgan fingerprint density at radius 1 is 1.10 bits per heavy atom. The van der Waals surface area contributed by atoms with E-state index in [1.807, 2.05) is 6.07 Å². The van der Waals surface area contributed by atoms with Crippen LogP contribution in [0.1, 0.15) is 32.7 Å². The molecule has 2 aliphatic rings. The molecule has 0 amide bonds. The summed E-state index contributed by atoms with van der Waals surface area (Å²) in [5.41, 5.74) is 4.25. The molecule has 1 fully saturated rings. The van der Waals surface area contributed by atoms with E-state index in [4.69, 9.17) is 9.97 Å². The molecule has 160 valence electrons. The maximum Gasteiger partial charge on any atom is 0.227 e. The molecule has 2 unspecified atom stereocenters. The summed E-state index contributed by atoms with van der Waals surface area (Å²) in [6.45, 7) is 15.5. The number of likely N-dealkylation sites (N-methyl/N-ethyl adjacent to an activating group) is 1. The summed E-state index contributed by atoms with van der Waals surface area (Å²) in [7, 11) is 0. The second kappa shape index (κ2) is 9.37. The van der Waals surface area contributed by atoms with E-state index in [2.05, 4.69) is 65.3 Å². The van der Waals surface area contributed by atoms with E-state index in [9.17, 15) is 0 Å². The third-order valence-corrected chi connectivity index (χ3v) is 7.16. The van der Waals surface area contributed by atoms with Gasteiger partial charge in [-0.25, -0.2) is 15.0 Å². The summed E-state index contributed by atoms with van der Waals surface area (Å²) in [6, 6.07) is 1.94. The quantitative estimate of drug-likeness (QED) is 0.748. The topological polar surface area (TPSA) is 57.2 Å². The van der Waals surface area contributed by atoms with Crippen molar-refractivity contribution in [2.45, 2.75) is 34.2 Å². The first kappa shape index (κ1) is 21.2. The Balaban J connectivity index is 1.42. The van der Waals surface area contributed by atoms with Gasteiger partial charge >= 0.3 is 0 Å². The number of piperazine rings is 1. The number of rotatable bonds is 6. The number of hydrogen-bond donors (Lipinski definition) is 1. The molecule has 6 nitrogen and oxygen atoms in total. The number of anilines is 1.